The van der Waals surface area contributed by atoms with Gasteiger partial charge in [0.1, 0.15) is 0 Å². The summed E-state index contributed by atoms with van der Waals surface area (Å²) in [5.41, 5.74) is 1.66. The minimum Gasteiger partial charge on any atom is -0.382 e. The molecule has 0 aliphatic heterocycles. The highest BCUT2D eigenvalue weighted by Gasteiger charge is 2.22. The van der Waals surface area contributed by atoms with Crippen LogP contribution in [0.25, 0.3) is 0 Å². The third kappa shape index (κ3) is 4.39. The molecular formula is C14H20ClNO2S. The minimum absolute atomic E-state index is 0.0504. The Morgan fingerprint density at radius 3 is 2.68 bits per heavy atom. The summed E-state index contributed by atoms with van der Waals surface area (Å²) in [7, 11) is -3.04. The molecule has 0 bridgehead atoms. The van der Waals surface area contributed by atoms with Crippen LogP contribution in [0.15, 0.2) is 18.2 Å². The summed E-state index contributed by atoms with van der Waals surface area (Å²) in [6.45, 7) is 2.25. The van der Waals surface area contributed by atoms with E-state index in [1.807, 2.05) is 6.07 Å². The molecule has 0 unspecified atom stereocenters. The molecular weight excluding hydrogens is 282 g/mol. The Labute approximate surface area is 120 Å². The first-order valence-corrected chi connectivity index (χ1v) is 9.00. The van der Waals surface area contributed by atoms with Crippen LogP contribution in [0.4, 0.5) is 5.69 Å². The fourth-order valence-corrected chi connectivity index (χ4v) is 3.64. The van der Waals surface area contributed by atoms with Crippen molar-refractivity contribution >= 4 is 27.1 Å². The van der Waals surface area contributed by atoms with E-state index in [1.165, 1.54) is 12.7 Å². The summed E-state index contributed by atoms with van der Waals surface area (Å²) in [5.74, 6) is 0.782. The van der Waals surface area contributed by atoms with Gasteiger partial charge in [-0.05, 0) is 42.9 Å². The lowest BCUT2D eigenvalue weighted by atomic mass is 10.1. The molecule has 1 aromatic carbocycles. The lowest BCUT2D eigenvalue weighted by molar-refractivity contribution is 0.600. The van der Waals surface area contributed by atoms with Crippen LogP contribution in [0.3, 0.4) is 0 Å². The quantitative estimate of drug-likeness (QED) is 0.926. The van der Waals surface area contributed by atoms with Gasteiger partial charge in [0, 0.05) is 23.0 Å². The van der Waals surface area contributed by atoms with Gasteiger partial charge in [-0.1, -0.05) is 24.6 Å². The molecule has 2 atom stereocenters. The standard InChI is InChI=1S/C14H20ClNO2S/c1-10-3-6-13(7-10)16-14-8-12(15)5-4-11(14)9-19(2,17)18/h4-5,8,10,13,16H,3,6-7,9H2,1-2H3/t10-,13-/m1/s1. The molecule has 0 aromatic heterocycles. The summed E-state index contributed by atoms with van der Waals surface area (Å²) in [6, 6.07) is 5.78. The van der Waals surface area contributed by atoms with E-state index >= 15 is 0 Å². The molecule has 1 aliphatic rings. The molecule has 3 nitrogen and oxygen atoms in total. The molecule has 19 heavy (non-hydrogen) atoms. The maximum atomic E-state index is 11.5. The number of halogens is 1. The molecule has 0 saturated heterocycles. The molecule has 1 N–H and O–H groups in total. The summed E-state index contributed by atoms with van der Waals surface area (Å²) in [4.78, 5) is 0. The van der Waals surface area contributed by atoms with Crippen LogP contribution < -0.4 is 5.32 Å². The fourth-order valence-electron chi connectivity index (χ4n) is 2.65. The molecule has 0 amide bonds. The normalized spacial score (nSPS) is 23.5. The number of rotatable bonds is 4. The van der Waals surface area contributed by atoms with Gasteiger partial charge in [-0.3, -0.25) is 0 Å². The second-order valence-electron chi connectivity index (χ2n) is 5.63. The zero-order valence-corrected chi connectivity index (χ0v) is 12.9. The Balaban J connectivity index is 2.20. The first-order chi connectivity index (χ1) is 8.83. The number of benzene rings is 1. The van der Waals surface area contributed by atoms with Crippen LogP contribution in [-0.4, -0.2) is 20.7 Å². The van der Waals surface area contributed by atoms with Gasteiger partial charge in [-0.15, -0.1) is 0 Å². The van der Waals surface area contributed by atoms with Crippen LogP contribution in [0.5, 0.6) is 0 Å². The van der Waals surface area contributed by atoms with E-state index in [0.717, 1.165) is 30.0 Å². The summed E-state index contributed by atoms with van der Waals surface area (Å²) >= 11 is 6.01. The first kappa shape index (κ1) is 14.7. The van der Waals surface area contributed by atoms with Crippen molar-refractivity contribution < 1.29 is 8.42 Å². The Morgan fingerprint density at radius 2 is 2.11 bits per heavy atom. The van der Waals surface area contributed by atoms with Gasteiger partial charge >= 0.3 is 0 Å². The van der Waals surface area contributed by atoms with Crippen LogP contribution in [0.1, 0.15) is 31.7 Å². The van der Waals surface area contributed by atoms with Crippen molar-refractivity contribution in [1.82, 2.24) is 0 Å². The Morgan fingerprint density at radius 1 is 1.37 bits per heavy atom. The van der Waals surface area contributed by atoms with E-state index in [0.29, 0.717) is 11.1 Å². The number of sulfone groups is 1. The van der Waals surface area contributed by atoms with E-state index in [-0.39, 0.29) is 5.75 Å². The molecule has 0 heterocycles. The highest BCUT2D eigenvalue weighted by atomic mass is 35.5. The van der Waals surface area contributed by atoms with Crippen molar-refractivity contribution in [2.75, 3.05) is 11.6 Å². The van der Waals surface area contributed by atoms with Crippen molar-refractivity contribution in [3.05, 3.63) is 28.8 Å². The average molecular weight is 302 g/mol. The lowest BCUT2D eigenvalue weighted by Crippen LogP contribution is -2.17. The van der Waals surface area contributed by atoms with Crippen LogP contribution in [0, 0.1) is 5.92 Å². The predicted molar refractivity (Wildman–Crippen MR) is 80.4 cm³/mol. The zero-order chi connectivity index (χ0) is 14.0. The van der Waals surface area contributed by atoms with Crippen molar-refractivity contribution in [3.63, 3.8) is 0 Å². The molecule has 2 rings (SSSR count). The first-order valence-electron chi connectivity index (χ1n) is 6.56. The van der Waals surface area contributed by atoms with Crippen molar-refractivity contribution in [3.8, 4) is 0 Å². The molecule has 1 aliphatic carbocycles. The van der Waals surface area contributed by atoms with Gasteiger partial charge in [-0.2, -0.15) is 0 Å². The van der Waals surface area contributed by atoms with Crippen molar-refractivity contribution in [2.45, 2.75) is 38.0 Å². The predicted octanol–water partition coefficient (Wildman–Crippen LogP) is 3.49. The van der Waals surface area contributed by atoms with E-state index in [4.69, 9.17) is 11.6 Å². The van der Waals surface area contributed by atoms with E-state index < -0.39 is 9.84 Å². The number of nitrogens with one attached hydrogen (secondary N) is 1. The van der Waals surface area contributed by atoms with E-state index in [1.54, 1.807) is 12.1 Å². The zero-order valence-electron chi connectivity index (χ0n) is 11.3. The molecule has 1 fully saturated rings. The second-order valence-corrected chi connectivity index (χ2v) is 8.21. The van der Waals surface area contributed by atoms with Gasteiger partial charge in [0.15, 0.2) is 9.84 Å². The van der Waals surface area contributed by atoms with Crippen LogP contribution in [0.2, 0.25) is 5.02 Å². The summed E-state index contributed by atoms with van der Waals surface area (Å²) < 4.78 is 22.9. The maximum absolute atomic E-state index is 11.5. The molecule has 0 radical (unpaired) electrons. The number of anilines is 1. The molecule has 0 spiro atoms. The molecule has 106 valence electrons. The Hall–Kier alpha value is -0.740. The maximum Gasteiger partial charge on any atom is 0.151 e. The fraction of sp³-hybridized carbons (Fsp3) is 0.571. The SMILES string of the molecule is C[C@@H]1CC[C@@H](Nc2cc(Cl)ccc2CS(C)(=O)=O)C1. The second kappa shape index (κ2) is 5.71. The smallest absolute Gasteiger partial charge is 0.151 e. The van der Waals surface area contributed by atoms with Gasteiger partial charge in [0.25, 0.3) is 0 Å². The Bertz CT molecular complexity index is 557. The van der Waals surface area contributed by atoms with Crippen molar-refractivity contribution in [2.24, 2.45) is 5.92 Å². The molecule has 1 saturated carbocycles. The number of hydrogen-bond acceptors (Lipinski definition) is 3. The highest BCUT2D eigenvalue weighted by molar-refractivity contribution is 7.89. The molecule has 1 aromatic rings. The third-order valence-electron chi connectivity index (χ3n) is 3.54. The third-order valence-corrected chi connectivity index (χ3v) is 4.61. The summed E-state index contributed by atoms with van der Waals surface area (Å²) in [5, 5.41) is 4.08. The Kier molecular flexibility index (Phi) is 4.41. The minimum atomic E-state index is -3.04. The van der Waals surface area contributed by atoms with Crippen LogP contribution in [-0.2, 0) is 15.6 Å². The van der Waals surface area contributed by atoms with Gasteiger partial charge in [0.2, 0.25) is 0 Å². The topological polar surface area (TPSA) is 46.2 Å². The van der Waals surface area contributed by atoms with Gasteiger partial charge in [0.05, 0.1) is 5.75 Å². The van der Waals surface area contributed by atoms with E-state index in [2.05, 4.69) is 12.2 Å². The van der Waals surface area contributed by atoms with Crippen LogP contribution >= 0.6 is 11.6 Å². The van der Waals surface area contributed by atoms with Gasteiger partial charge < -0.3 is 5.32 Å². The lowest BCUT2D eigenvalue weighted by Gasteiger charge is -2.17. The summed E-state index contributed by atoms with van der Waals surface area (Å²) in [6.07, 6.45) is 4.74. The van der Waals surface area contributed by atoms with Crippen molar-refractivity contribution in [1.29, 1.82) is 0 Å². The monoisotopic (exact) mass is 301 g/mol. The number of hydrogen-bond donors (Lipinski definition) is 1. The average Bonchev–Trinajstić information content (AvgIpc) is 2.66. The van der Waals surface area contributed by atoms with E-state index in [9.17, 15) is 8.42 Å². The van der Waals surface area contributed by atoms with Gasteiger partial charge in [-0.25, -0.2) is 8.42 Å². The largest absolute Gasteiger partial charge is 0.382 e. The highest BCUT2D eigenvalue weighted by Crippen LogP contribution is 2.30. The molecule has 5 heteroatoms.